The van der Waals surface area contributed by atoms with Crippen molar-refractivity contribution in [1.82, 2.24) is 0 Å². The third kappa shape index (κ3) is 5.62. The lowest BCUT2D eigenvalue weighted by molar-refractivity contribution is 0.671. The molecule has 0 radical (unpaired) electrons. The fourth-order valence-corrected chi connectivity index (χ4v) is 0.589. The Labute approximate surface area is 78.8 Å². The van der Waals surface area contributed by atoms with Crippen molar-refractivity contribution in [1.29, 1.82) is 0 Å². The van der Waals surface area contributed by atoms with Gasteiger partial charge in [0.05, 0.1) is 0 Å². The molecule has 0 amide bonds. The molecule has 0 aromatic heterocycles. The van der Waals surface area contributed by atoms with Crippen LogP contribution < -0.4 is 0 Å². The zero-order chi connectivity index (χ0) is 10.3. The Morgan fingerprint density at radius 1 is 0.923 bits per heavy atom. The van der Waals surface area contributed by atoms with Gasteiger partial charge in [-0.3, -0.25) is 0 Å². The highest BCUT2D eigenvalue weighted by molar-refractivity contribution is 5.44. The van der Waals surface area contributed by atoms with Crippen LogP contribution in [0, 0.1) is 0 Å². The summed E-state index contributed by atoms with van der Waals surface area (Å²) < 4.78 is 12.2. The van der Waals surface area contributed by atoms with Crippen molar-refractivity contribution in [2.45, 2.75) is 0 Å². The van der Waals surface area contributed by atoms with Crippen LogP contribution in [-0.2, 0) is 0 Å². The average molecular weight is 176 g/mol. The molecule has 1 heteroatoms. The van der Waals surface area contributed by atoms with Crippen molar-refractivity contribution in [2.75, 3.05) is 0 Å². The molecule has 0 aliphatic carbocycles. The van der Waals surface area contributed by atoms with Gasteiger partial charge in [0.15, 0.2) is 0 Å². The molecule has 0 fully saturated rings. The summed E-state index contributed by atoms with van der Waals surface area (Å²) in [6, 6.07) is 0. The monoisotopic (exact) mass is 176 g/mol. The Kier molecular flexibility index (Phi) is 5.20. The van der Waals surface area contributed by atoms with Crippen LogP contribution in [0.25, 0.3) is 0 Å². The molecule has 0 aromatic carbocycles. The summed E-state index contributed by atoms with van der Waals surface area (Å²) in [5.41, 5.74) is 1.37. The van der Waals surface area contributed by atoms with E-state index in [0.29, 0.717) is 5.57 Å². The Hall–Kier alpha value is -1.63. The zero-order valence-corrected chi connectivity index (χ0v) is 7.59. The molecular weight excluding hydrogens is 163 g/mol. The predicted octanol–water partition coefficient (Wildman–Crippen LogP) is 3.88. The summed E-state index contributed by atoms with van der Waals surface area (Å²) in [5, 5.41) is 0. The smallest absolute Gasteiger partial charge is 0.116 e. The summed E-state index contributed by atoms with van der Waals surface area (Å²) in [7, 11) is 0. The molecule has 0 nitrogen and oxygen atoms in total. The van der Waals surface area contributed by atoms with E-state index >= 15 is 0 Å². The summed E-state index contributed by atoms with van der Waals surface area (Å²) in [6.45, 7) is 14.0. The number of hydrogen-bond acceptors (Lipinski definition) is 0. The predicted molar refractivity (Wildman–Crippen MR) is 57.0 cm³/mol. The maximum absolute atomic E-state index is 12.2. The number of hydrogen-bond donors (Lipinski definition) is 0. The van der Waals surface area contributed by atoms with Crippen LogP contribution in [0.5, 0.6) is 0 Å². The highest BCUT2D eigenvalue weighted by atomic mass is 19.1. The van der Waals surface area contributed by atoms with Crippen LogP contribution in [-0.4, -0.2) is 0 Å². The van der Waals surface area contributed by atoms with Gasteiger partial charge in [0.1, 0.15) is 5.83 Å². The van der Waals surface area contributed by atoms with Gasteiger partial charge in [-0.05, 0) is 17.2 Å². The number of halogens is 1. The van der Waals surface area contributed by atoms with Gasteiger partial charge in [-0.15, -0.1) is 0 Å². The highest BCUT2D eigenvalue weighted by Gasteiger charge is 1.90. The standard InChI is InChI=1S/C12H13F/c1-5-6-7-10(2)11(3)8-9-12(4)13/h5-9H,1-4H2/b7-6-,9-8-. The molecule has 0 aliphatic rings. The van der Waals surface area contributed by atoms with E-state index in [9.17, 15) is 4.39 Å². The quantitative estimate of drug-likeness (QED) is 0.557. The van der Waals surface area contributed by atoms with Crippen molar-refractivity contribution < 1.29 is 4.39 Å². The van der Waals surface area contributed by atoms with Crippen molar-refractivity contribution in [3.05, 3.63) is 73.7 Å². The summed E-state index contributed by atoms with van der Waals surface area (Å²) in [4.78, 5) is 0. The molecule has 0 aliphatic heterocycles. The van der Waals surface area contributed by atoms with Crippen LogP contribution in [0.1, 0.15) is 0 Å². The molecule has 0 spiro atoms. The zero-order valence-electron chi connectivity index (χ0n) is 7.59. The van der Waals surface area contributed by atoms with E-state index in [1.54, 1.807) is 18.2 Å². The van der Waals surface area contributed by atoms with Gasteiger partial charge in [0, 0.05) is 0 Å². The highest BCUT2D eigenvalue weighted by Crippen LogP contribution is 2.09. The molecule has 0 unspecified atom stereocenters. The lowest BCUT2D eigenvalue weighted by Crippen LogP contribution is -1.77. The molecule has 68 valence electrons. The van der Waals surface area contributed by atoms with Crippen molar-refractivity contribution in [3.8, 4) is 0 Å². The fourth-order valence-electron chi connectivity index (χ4n) is 0.589. The number of rotatable bonds is 5. The van der Waals surface area contributed by atoms with Crippen molar-refractivity contribution >= 4 is 0 Å². The van der Waals surface area contributed by atoms with Crippen LogP contribution in [0.15, 0.2) is 73.7 Å². The van der Waals surface area contributed by atoms with Gasteiger partial charge < -0.3 is 0 Å². The second-order valence-corrected chi connectivity index (χ2v) is 2.43. The maximum Gasteiger partial charge on any atom is 0.116 e. The van der Waals surface area contributed by atoms with E-state index in [1.807, 2.05) is 0 Å². The average Bonchev–Trinajstić information content (AvgIpc) is 2.10. The molecule has 0 N–H and O–H groups in total. The Bertz CT molecular complexity index is 290. The number of allylic oxidation sites excluding steroid dienone is 8. The Morgan fingerprint density at radius 3 is 1.92 bits per heavy atom. The minimum Gasteiger partial charge on any atom is -0.208 e. The van der Waals surface area contributed by atoms with E-state index < -0.39 is 5.83 Å². The SMILES string of the molecule is C=C/C=C\C(=C)C(=C)/C=C\C(=C)F. The van der Waals surface area contributed by atoms with E-state index in [-0.39, 0.29) is 0 Å². The van der Waals surface area contributed by atoms with Gasteiger partial charge in [-0.25, -0.2) is 4.39 Å². The second-order valence-electron chi connectivity index (χ2n) is 2.43. The summed E-state index contributed by atoms with van der Waals surface area (Å²) >= 11 is 0. The Morgan fingerprint density at radius 2 is 1.46 bits per heavy atom. The van der Waals surface area contributed by atoms with Crippen LogP contribution >= 0.6 is 0 Å². The van der Waals surface area contributed by atoms with E-state index in [4.69, 9.17) is 0 Å². The Balaban J connectivity index is 4.28. The molecule has 0 saturated heterocycles. The molecule has 0 atom stereocenters. The summed E-state index contributed by atoms with van der Waals surface area (Å²) in [5.74, 6) is -0.498. The van der Waals surface area contributed by atoms with Gasteiger partial charge in [0.25, 0.3) is 0 Å². The van der Waals surface area contributed by atoms with Crippen molar-refractivity contribution in [2.24, 2.45) is 0 Å². The molecular formula is C12H13F. The minimum absolute atomic E-state index is 0.498. The topological polar surface area (TPSA) is 0 Å². The fraction of sp³-hybridized carbons (Fsp3) is 0. The maximum atomic E-state index is 12.2. The molecule has 13 heavy (non-hydrogen) atoms. The molecule has 0 bridgehead atoms. The van der Waals surface area contributed by atoms with Crippen LogP contribution in [0.3, 0.4) is 0 Å². The first-order chi connectivity index (χ1) is 6.07. The van der Waals surface area contributed by atoms with Gasteiger partial charge in [0.2, 0.25) is 0 Å². The first kappa shape index (κ1) is 11.4. The molecule has 0 aromatic rings. The second kappa shape index (κ2) is 5.95. The van der Waals surface area contributed by atoms with E-state index in [2.05, 4.69) is 26.3 Å². The van der Waals surface area contributed by atoms with Gasteiger partial charge in [-0.2, -0.15) is 0 Å². The third-order valence-electron chi connectivity index (χ3n) is 1.31. The lowest BCUT2D eigenvalue weighted by Gasteiger charge is -1.96. The third-order valence-corrected chi connectivity index (χ3v) is 1.31. The van der Waals surface area contributed by atoms with Crippen molar-refractivity contribution in [3.63, 3.8) is 0 Å². The first-order valence-electron chi connectivity index (χ1n) is 3.77. The van der Waals surface area contributed by atoms with Crippen LogP contribution in [0.4, 0.5) is 4.39 Å². The van der Waals surface area contributed by atoms with Gasteiger partial charge in [-0.1, -0.05) is 50.6 Å². The summed E-state index contributed by atoms with van der Waals surface area (Å²) in [6.07, 6.45) is 7.90. The first-order valence-corrected chi connectivity index (χ1v) is 3.77. The van der Waals surface area contributed by atoms with Gasteiger partial charge >= 0.3 is 0 Å². The normalized spacial score (nSPS) is 10.5. The largest absolute Gasteiger partial charge is 0.208 e. The minimum atomic E-state index is -0.498. The van der Waals surface area contributed by atoms with E-state index in [0.717, 1.165) is 5.57 Å². The van der Waals surface area contributed by atoms with Crippen LogP contribution in [0.2, 0.25) is 0 Å². The molecule has 0 heterocycles. The lowest BCUT2D eigenvalue weighted by atomic mass is 10.1. The van der Waals surface area contributed by atoms with E-state index in [1.165, 1.54) is 12.2 Å². The molecule has 0 rings (SSSR count). The molecule has 0 saturated carbocycles.